The van der Waals surface area contributed by atoms with E-state index in [1.165, 1.54) is 30.4 Å². The van der Waals surface area contributed by atoms with Gasteiger partial charge in [-0.25, -0.2) is 0 Å². The number of benzene rings is 1. The summed E-state index contributed by atoms with van der Waals surface area (Å²) in [6.07, 6.45) is 3.74. The van der Waals surface area contributed by atoms with Crippen LogP contribution in [0.4, 0.5) is 0 Å². The molecule has 1 fully saturated rings. The summed E-state index contributed by atoms with van der Waals surface area (Å²) < 4.78 is 0. The van der Waals surface area contributed by atoms with Crippen LogP contribution in [0.1, 0.15) is 65.0 Å². The molecule has 0 heterocycles. The normalized spacial score (nSPS) is 18.1. The average molecular weight is 245 g/mol. The number of rotatable bonds is 5. The Hall–Kier alpha value is -0.820. The standard InChI is InChI=1S/C17H27N/c1-6-16(4,5)14-8-7-9-15(12-14)17(10-11-17)18-13(2)3/h7-9,12-13,18H,6,10-11H2,1-5H3. The lowest BCUT2D eigenvalue weighted by Gasteiger charge is -2.27. The second-order valence-corrected chi connectivity index (χ2v) is 6.70. The Kier molecular flexibility index (Phi) is 3.55. The lowest BCUT2D eigenvalue weighted by atomic mass is 9.81. The van der Waals surface area contributed by atoms with Crippen molar-refractivity contribution >= 4 is 0 Å². The van der Waals surface area contributed by atoms with Gasteiger partial charge in [-0.1, -0.05) is 58.9 Å². The predicted molar refractivity (Wildman–Crippen MR) is 78.9 cm³/mol. The molecule has 0 aliphatic heterocycles. The molecule has 0 bridgehead atoms. The molecule has 0 unspecified atom stereocenters. The molecule has 0 amide bonds. The van der Waals surface area contributed by atoms with Gasteiger partial charge in [-0.15, -0.1) is 0 Å². The summed E-state index contributed by atoms with van der Waals surface area (Å²) in [6.45, 7) is 11.4. The first-order valence-electron chi connectivity index (χ1n) is 7.28. The molecule has 1 heteroatoms. The fraction of sp³-hybridized carbons (Fsp3) is 0.647. The average Bonchev–Trinajstić information content (AvgIpc) is 3.09. The van der Waals surface area contributed by atoms with Crippen LogP contribution in [0.5, 0.6) is 0 Å². The van der Waals surface area contributed by atoms with E-state index < -0.39 is 0 Å². The van der Waals surface area contributed by atoms with Gasteiger partial charge < -0.3 is 5.32 Å². The molecule has 0 radical (unpaired) electrons. The van der Waals surface area contributed by atoms with Crippen molar-refractivity contribution in [1.82, 2.24) is 5.32 Å². The first kappa shape index (κ1) is 13.6. The molecule has 1 aromatic rings. The molecule has 1 aromatic carbocycles. The van der Waals surface area contributed by atoms with Crippen LogP contribution in [-0.2, 0) is 11.0 Å². The SMILES string of the molecule is CCC(C)(C)c1cccc(C2(NC(C)C)CC2)c1. The Balaban J connectivity index is 2.28. The molecule has 18 heavy (non-hydrogen) atoms. The van der Waals surface area contributed by atoms with E-state index in [4.69, 9.17) is 0 Å². The first-order valence-corrected chi connectivity index (χ1v) is 7.28. The van der Waals surface area contributed by atoms with Gasteiger partial charge in [-0.3, -0.25) is 0 Å². The van der Waals surface area contributed by atoms with Crippen molar-refractivity contribution in [3.05, 3.63) is 35.4 Å². The van der Waals surface area contributed by atoms with Gasteiger partial charge in [0.1, 0.15) is 0 Å². The Morgan fingerprint density at radius 2 is 1.94 bits per heavy atom. The summed E-state index contributed by atoms with van der Waals surface area (Å²) in [5.41, 5.74) is 3.51. The molecular weight excluding hydrogens is 218 g/mol. The van der Waals surface area contributed by atoms with Crippen LogP contribution >= 0.6 is 0 Å². The molecule has 100 valence electrons. The lowest BCUT2D eigenvalue weighted by molar-refractivity contribution is 0.458. The van der Waals surface area contributed by atoms with Crippen LogP contribution in [0.2, 0.25) is 0 Å². The van der Waals surface area contributed by atoms with E-state index in [1.807, 2.05) is 0 Å². The number of hydrogen-bond acceptors (Lipinski definition) is 1. The van der Waals surface area contributed by atoms with Gasteiger partial charge in [-0.05, 0) is 35.8 Å². The van der Waals surface area contributed by atoms with Crippen LogP contribution < -0.4 is 5.32 Å². The second-order valence-electron chi connectivity index (χ2n) is 6.70. The number of hydrogen-bond donors (Lipinski definition) is 1. The Morgan fingerprint density at radius 3 is 2.44 bits per heavy atom. The minimum absolute atomic E-state index is 0.272. The molecule has 0 spiro atoms. The fourth-order valence-corrected chi connectivity index (χ4v) is 2.64. The fourth-order valence-electron chi connectivity index (χ4n) is 2.64. The van der Waals surface area contributed by atoms with E-state index in [0.717, 1.165) is 0 Å². The van der Waals surface area contributed by atoms with Crippen LogP contribution in [0.3, 0.4) is 0 Å². The monoisotopic (exact) mass is 245 g/mol. The third-order valence-corrected chi connectivity index (χ3v) is 4.40. The van der Waals surface area contributed by atoms with E-state index in [2.05, 4.69) is 64.2 Å². The maximum Gasteiger partial charge on any atom is 0.0438 e. The largest absolute Gasteiger partial charge is 0.305 e. The molecule has 2 rings (SSSR count). The van der Waals surface area contributed by atoms with Gasteiger partial charge in [0.25, 0.3) is 0 Å². The summed E-state index contributed by atoms with van der Waals surface area (Å²) in [4.78, 5) is 0. The third kappa shape index (κ3) is 2.61. The van der Waals surface area contributed by atoms with Gasteiger partial charge in [0.2, 0.25) is 0 Å². The van der Waals surface area contributed by atoms with Crippen LogP contribution in [0.15, 0.2) is 24.3 Å². The zero-order valence-electron chi connectivity index (χ0n) is 12.5. The smallest absolute Gasteiger partial charge is 0.0438 e. The van der Waals surface area contributed by atoms with Crippen LogP contribution in [0.25, 0.3) is 0 Å². The van der Waals surface area contributed by atoms with Crippen LogP contribution in [-0.4, -0.2) is 6.04 Å². The van der Waals surface area contributed by atoms with Crippen molar-refractivity contribution in [1.29, 1.82) is 0 Å². The molecule has 1 N–H and O–H groups in total. The molecule has 1 saturated carbocycles. The van der Waals surface area contributed by atoms with Gasteiger partial charge >= 0.3 is 0 Å². The lowest BCUT2D eigenvalue weighted by Crippen LogP contribution is -2.35. The highest BCUT2D eigenvalue weighted by Crippen LogP contribution is 2.46. The maximum atomic E-state index is 3.74. The van der Waals surface area contributed by atoms with E-state index >= 15 is 0 Å². The third-order valence-electron chi connectivity index (χ3n) is 4.40. The van der Waals surface area contributed by atoms with Crippen molar-refractivity contribution in [3.8, 4) is 0 Å². The second kappa shape index (κ2) is 4.70. The van der Waals surface area contributed by atoms with E-state index in [-0.39, 0.29) is 11.0 Å². The van der Waals surface area contributed by atoms with Crippen molar-refractivity contribution in [2.24, 2.45) is 0 Å². The summed E-state index contributed by atoms with van der Waals surface area (Å²) >= 11 is 0. The van der Waals surface area contributed by atoms with Crippen LogP contribution in [0, 0.1) is 0 Å². The summed E-state index contributed by atoms with van der Waals surface area (Å²) in [5.74, 6) is 0. The van der Waals surface area contributed by atoms with Gasteiger partial charge in [0.05, 0.1) is 0 Å². The zero-order chi connectivity index (χ0) is 13.4. The van der Waals surface area contributed by atoms with Gasteiger partial charge in [0.15, 0.2) is 0 Å². The summed E-state index contributed by atoms with van der Waals surface area (Å²) in [7, 11) is 0. The predicted octanol–water partition coefficient (Wildman–Crippen LogP) is 4.36. The Bertz CT molecular complexity index is 413. The highest BCUT2D eigenvalue weighted by Gasteiger charge is 2.44. The van der Waals surface area contributed by atoms with E-state index in [1.54, 1.807) is 0 Å². The highest BCUT2D eigenvalue weighted by atomic mass is 15.0. The molecular formula is C17H27N. The highest BCUT2D eigenvalue weighted by molar-refractivity contribution is 5.36. The van der Waals surface area contributed by atoms with Gasteiger partial charge in [0, 0.05) is 11.6 Å². The first-order chi connectivity index (χ1) is 8.39. The topological polar surface area (TPSA) is 12.0 Å². The zero-order valence-corrected chi connectivity index (χ0v) is 12.5. The minimum atomic E-state index is 0.272. The molecule has 0 aromatic heterocycles. The van der Waals surface area contributed by atoms with E-state index in [0.29, 0.717) is 6.04 Å². The molecule has 1 aliphatic carbocycles. The Labute approximate surface area is 112 Å². The van der Waals surface area contributed by atoms with E-state index in [9.17, 15) is 0 Å². The summed E-state index contributed by atoms with van der Waals surface area (Å²) in [6, 6.07) is 9.77. The molecule has 0 atom stereocenters. The van der Waals surface area contributed by atoms with Crippen molar-refractivity contribution in [2.45, 2.75) is 70.9 Å². The quantitative estimate of drug-likeness (QED) is 0.812. The van der Waals surface area contributed by atoms with Crippen molar-refractivity contribution in [2.75, 3.05) is 0 Å². The Morgan fingerprint density at radius 1 is 1.28 bits per heavy atom. The summed E-state index contributed by atoms with van der Waals surface area (Å²) in [5, 5.41) is 3.74. The molecule has 1 aliphatic rings. The maximum absolute atomic E-state index is 3.74. The van der Waals surface area contributed by atoms with Crippen molar-refractivity contribution in [3.63, 3.8) is 0 Å². The minimum Gasteiger partial charge on any atom is -0.305 e. The van der Waals surface area contributed by atoms with Crippen molar-refractivity contribution < 1.29 is 0 Å². The van der Waals surface area contributed by atoms with Gasteiger partial charge in [-0.2, -0.15) is 0 Å². The molecule has 0 saturated heterocycles. The number of nitrogens with one attached hydrogen (secondary N) is 1. The molecule has 1 nitrogen and oxygen atoms in total.